The Morgan fingerprint density at radius 1 is 1.67 bits per heavy atom. The number of carbonyl (C=O) groups is 1. The number of carbonyl (C=O) groups excluding carboxylic acids is 1. The van der Waals surface area contributed by atoms with Gasteiger partial charge in [-0.2, -0.15) is 0 Å². The van der Waals surface area contributed by atoms with E-state index in [2.05, 4.69) is 19.9 Å². The standard InChI is InChI=1S/C10H16O2/c1-7-4-5-9(8(2)6-7)10(11)12-3/h4,8-9H,5-6H2,1-3H3/t8-,9-/m0/s1. The van der Waals surface area contributed by atoms with E-state index >= 15 is 0 Å². The first-order valence-corrected chi connectivity index (χ1v) is 4.38. The molecule has 0 amide bonds. The van der Waals surface area contributed by atoms with Crippen LogP contribution in [-0.4, -0.2) is 13.1 Å². The lowest BCUT2D eigenvalue weighted by Gasteiger charge is -2.25. The van der Waals surface area contributed by atoms with Crippen molar-refractivity contribution in [1.29, 1.82) is 0 Å². The minimum Gasteiger partial charge on any atom is -0.469 e. The normalized spacial score (nSPS) is 29.4. The van der Waals surface area contributed by atoms with Crippen molar-refractivity contribution in [2.45, 2.75) is 26.7 Å². The van der Waals surface area contributed by atoms with Crippen LogP contribution in [0.15, 0.2) is 11.6 Å². The first kappa shape index (κ1) is 9.30. The third-order valence-corrected chi connectivity index (χ3v) is 2.56. The Balaban J connectivity index is 2.63. The van der Waals surface area contributed by atoms with Gasteiger partial charge in [0.1, 0.15) is 0 Å². The van der Waals surface area contributed by atoms with Crippen molar-refractivity contribution >= 4 is 5.97 Å². The van der Waals surface area contributed by atoms with Crippen molar-refractivity contribution in [1.82, 2.24) is 0 Å². The van der Waals surface area contributed by atoms with Crippen LogP contribution in [0, 0.1) is 11.8 Å². The second-order valence-corrected chi connectivity index (χ2v) is 3.60. The maximum Gasteiger partial charge on any atom is 0.309 e. The van der Waals surface area contributed by atoms with E-state index in [-0.39, 0.29) is 11.9 Å². The fraction of sp³-hybridized carbons (Fsp3) is 0.700. The number of ether oxygens (including phenoxy) is 1. The van der Waals surface area contributed by atoms with Gasteiger partial charge in [-0.3, -0.25) is 4.79 Å². The Labute approximate surface area is 73.6 Å². The number of hydrogen-bond acceptors (Lipinski definition) is 2. The Bertz CT molecular complexity index is 206. The first-order chi connectivity index (χ1) is 5.65. The van der Waals surface area contributed by atoms with E-state index in [1.807, 2.05) is 0 Å². The molecule has 0 aliphatic heterocycles. The molecule has 2 nitrogen and oxygen atoms in total. The van der Waals surface area contributed by atoms with Crippen molar-refractivity contribution < 1.29 is 9.53 Å². The van der Waals surface area contributed by atoms with Crippen LogP contribution in [0.1, 0.15) is 26.7 Å². The summed E-state index contributed by atoms with van der Waals surface area (Å²) in [6, 6.07) is 0. The molecule has 12 heavy (non-hydrogen) atoms. The molecule has 0 N–H and O–H groups in total. The molecule has 0 spiro atoms. The molecule has 0 saturated heterocycles. The highest BCUT2D eigenvalue weighted by Gasteiger charge is 2.27. The van der Waals surface area contributed by atoms with Crippen LogP contribution < -0.4 is 0 Å². The van der Waals surface area contributed by atoms with E-state index in [4.69, 9.17) is 4.74 Å². The van der Waals surface area contributed by atoms with E-state index in [9.17, 15) is 4.79 Å². The average Bonchev–Trinajstić information content (AvgIpc) is 2.03. The molecule has 0 aromatic rings. The summed E-state index contributed by atoms with van der Waals surface area (Å²) in [5, 5.41) is 0. The Hall–Kier alpha value is -0.790. The maximum atomic E-state index is 11.2. The van der Waals surface area contributed by atoms with Gasteiger partial charge in [-0.15, -0.1) is 0 Å². The SMILES string of the molecule is COC(=O)[C@H]1CC=C(C)C[C@@H]1C. The third-order valence-electron chi connectivity index (χ3n) is 2.56. The van der Waals surface area contributed by atoms with Gasteiger partial charge in [0.25, 0.3) is 0 Å². The molecular formula is C10H16O2. The van der Waals surface area contributed by atoms with Crippen LogP contribution in [0.3, 0.4) is 0 Å². The molecule has 1 rings (SSSR count). The van der Waals surface area contributed by atoms with Crippen LogP contribution in [0.5, 0.6) is 0 Å². The molecule has 0 aromatic heterocycles. The zero-order valence-electron chi connectivity index (χ0n) is 7.96. The Morgan fingerprint density at radius 3 is 2.83 bits per heavy atom. The predicted molar refractivity (Wildman–Crippen MR) is 47.7 cm³/mol. The highest BCUT2D eigenvalue weighted by Crippen LogP contribution is 2.29. The summed E-state index contributed by atoms with van der Waals surface area (Å²) in [5.74, 6) is 0.451. The number of hydrogen-bond donors (Lipinski definition) is 0. The van der Waals surface area contributed by atoms with E-state index < -0.39 is 0 Å². The van der Waals surface area contributed by atoms with Gasteiger partial charge in [0.15, 0.2) is 0 Å². The van der Waals surface area contributed by atoms with Crippen LogP contribution in [0.4, 0.5) is 0 Å². The van der Waals surface area contributed by atoms with Gasteiger partial charge in [0.2, 0.25) is 0 Å². The summed E-state index contributed by atoms with van der Waals surface area (Å²) in [6.07, 6.45) is 4.01. The van der Waals surface area contributed by atoms with E-state index in [0.29, 0.717) is 5.92 Å². The summed E-state index contributed by atoms with van der Waals surface area (Å²) in [6.45, 7) is 4.22. The number of esters is 1. The molecule has 2 atom stereocenters. The molecule has 0 bridgehead atoms. The number of rotatable bonds is 1. The molecule has 0 heterocycles. The summed E-state index contributed by atoms with van der Waals surface area (Å²) >= 11 is 0. The molecule has 0 aromatic carbocycles. The molecule has 0 unspecified atom stereocenters. The summed E-state index contributed by atoms with van der Waals surface area (Å²) in [7, 11) is 1.46. The van der Waals surface area contributed by atoms with Crippen molar-refractivity contribution in [2.24, 2.45) is 11.8 Å². The predicted octanol–water partition coefficient (Wildman–Crippen LogP) is 2.15. The zero-order chi connectivity index (χ0) is 9.14. The fourth-order valence-electron chi connectivity index (χ4n) is 1.77. The van der Waals surface area contributed by atoms with Gasteiger partial charge >= 0.3 is 5.97 Å². The van der Waals surface area contributed by atoms with Gasteiger partial charge in [0, 0.05) is 0 Å². The second-order valence-electron chi connectivity index (χ2n) is 3.60. The van der Waals surface area contributed by atoms with E-state index in [1.54, 1.807) is 0 Å². The summed E-state index contributed by atoms with van der Waals surface area (Å²) in [5.41, 5.74) is 1.39. The highest BCUT2D eigenvalue weighted by atomic mass is 16.5. The number of methoxy groups -OCH3 is 1. The lowest BCUT2D eigenvalue weighted by Crippen LogP contribution is -2.25. The quantitative estimate of drug-likeness (QED) is 0.443. The molecule has 0 radical (unpaired) electrons. The molecule has 2 heteroatoms. The van der Waals surface area contributed by atoms with Crippen LogP contribution in [-0.2, 0) is 9.53 Å². The fourth-order valence-corrected chi connectivity index (χ4v) is 1.77. The van der Waals surface area contributed by atoms with Gasteiger partial charge in [-0.05, 0) is 25.7 Å². The topological polar surface area (TPSA) is 26.3 Å². The number of allylic oxidation sites excluding steroid dienone is 2. The van der Waals surface area contributed by atoms with E-state index in [0.717, 1.165) is 12.8 Å². The monoisotopic (exact) mass is 168 g/mol. The molecule has 1 aliphatic carbocycles. The molecule has 68 valence electrons. The largest absolute Gasteiger partial charge is 0.469 e. The minimum absolute atomic E-state index is 0.0637. The first-order valence-electron chi connectivity index (χ1n) is 4.38. The van der Waals surface area contributed by atoms with Crippen molar-refractivity contribution in [2.75, 3.05) is 7.11 Å². The highest BCUT2D eigenvalue weighted by molar-refractivity contribution is 5.73. The lowest BCUT2D eigenvalue weighted by molar-refractivity contribution is -0.147. The zero-order valence-corrected chi connectivity index (χ0v) is 7.96. The maximum absolute atomic E-state index is 11.2. The Morgan fingerprint density at radius 2 is 2.33 bits per heavy atom. The average molecular weight is 168 g/mol. The second kappa shape index (κ2) is 3.74. The van der Waals surface area contributed by atoms with Gasteiger partial charge in [0.05, 0.1) is 13.0 Å². The van der Waals surface area contributed by atoms with Crippen LogP contribution in [0.25, 0.3) is 0 Å². The van der Waals surface area contributed by atoms with Crippen LogP contribution in [0.2, 0.25) is 0 Å². The van der Waals surface area contributed by atoms with Crippen molar-refractivity contribution in [3.8, 4) is 0 Å². The van der Waals surface area contributed by atoms with Gasteiger partial charge < -0.3 is 4.74 Å². The summed E-state index contributed by atoms with van der Waals surface area (Å²) in [4.78, 5) is 11.2. The molecule has 0 fully saturated rings. The molecule has 1 aliphatic rings. The summed E-state index contributed by atoms with van der Waals surface area (Å²) < 4.78 is 4.73. The molecule has 0 saturated carbocycles. The minimum atomic E-state index is -0.0637. The molecular weight excluding hydrogens is 152 g/mol. The van der Waals surface area contributed by atoms with Gasteiger partial charge in [-0.1, -0.05) is 18.6 Å². The van der Waals surface area contributed by atoms with Crippen molar-refractivity contribution in [3.05, 3.63) is 11.6 Å². The van der Waals surface area contributed by atoms with Gasteiger partial charge in [-0.25, -0.2) is 0 Å². The third kappa shape index (κ3) is 1.87. The van der Waals surface area contributed by atoms with Crippen LogP contribution >= 0.6 is 0 Å². The lowest BCUT2D eigenvalue weighted by atomic mass is 9.81. The smallest absolute Gasteiger partial charge is 0.309 e. The van der Waals surface area contributed by atoms with E-state index in [1.165, 1.54) is 12.7 Å². The Kier molecular flexibility index (Phi) is 2.90. The van der Waals surface area contributed by atoms with Crippen molar-refractivity contribution in [3.63, 3.8) is 0 Å².